The second-order valence-corrected chi connectivity index (χ2v) is 4.13. The second-order valence-electron chi connectivity index (χ2n) is 3.78. The molecule has 2 heterocycles. The number of halogens is 1. The largest absolute Gasteiger partial charge is 0.369 e. The topological polar surface area (TPSA) is 34.1 Å². The van der Waals surface area contributed by atoms with Crippen LogP contribution in [0.5, 0.6) is 0 Å². The minimum absolute atomic E-state index is 0.0103. The summed E-state index contributed by atoms with van der Waals surface area (Å²) >= 11 is 6.00. The van der Waals surface area contributed by atoms with E-state index in [1.54, 1.807) is 6.20 Å². The first kappa shape index (κ1) is 10.9. The molecule has 0 aliphatic carbocycles. The summed E-state index contributed by atoms with van der Waals surface area (Å²) in [5, 5.41) is 3.81. The average molecular weight is 227 g/mol. The fourth-order valence-corrected chi connectivity index (χ4v) is 2.08. The maximum absolute atomic E-state index is 6.00. The highest BCUT2D eigenvalue weighted by atomic mass is 35.5. The van der Waals surface area contributed by atoms with E-state index in [1.165, 1.54) is 0 Å². The molecule has 0 saturated carbocycles. The third-order valence-corrected chi connectivity index (χ3v) is 2.95. The van der Waals surface area contributed by atoms with E-state index in [9.17, 15) is 0 Å². The van der Waals surface area contributed by atoms with E-state index in [2.05, 4.69) is 10.3 Å². The zero-order valence-corrected chi connectivity index (χ0v) is 9.50. The molecule has 0 aromatic carbocycles. The van der Waals surface area contributed by atoms with Crippen LogP contribution in [0.25, 0.3) is 0 Å². The monoisotopic (exact) mass is 226 g/mol. The SMILES string of the molecule is C[C@H](O[C@@H]1CCNC1)c1cccnc1Cl. The van der Waals surface area contributed by atoms with E-state index in [0.29, 0.717) is 11.3 Å². The lowest BCUT2D eigenvalue weighted by Crippen LogP contribution is -2.18. The Balaban J connectivity index is 2.00. The van der Waals surface area contributed by atoms with Gasteiger partial charge in [-0.15, -0.1) is 0 Å². The molecule has 0 radical (unpaired) electrons. The molecule has 0 unspecified atom stereocenters. The highest BCUT2D eigenvalue weighted by molar-refractivity contribution is 6.30. The number of nitrogens with one attached hydrogen (secondary N) is 1. The minimum atomic E-state index is 0.0103. The molecular formula is C11H15ClN2O. The van der Waals surface area contributed by atoms with Gasteiger partial charge in [-0.2, -0.15) is 0 Å². The van der Waals surface area contributed by atoms with Crippen LogP contribution in [0.2, 0.25) is 5.15 Å². The predicted octanol–water partition coefficient (Wildman–Crippen LogP) is 2.17. The van der Waals surface area contributed by atoms with Gasteiger partial charge in [0.05, 0.1) is 12.2 Å². The Bertz CT molecular complexity index is 326. The Morgan fingerprint density at radius 1 is 1.67 bits per heavy atom. The summed E-state index contributed by atoms with van der Waals surface area (Å²) in [6.45, 7) is 3.99. The van der Waals surface area contributed by atoms with E-state index in [1.807, 2.05) is 19.1 Å². The van der Waals surface area contributed by atoms with Crippen LogP contribution < -0.4 is 5.32 Å². The Morgan fingerprint density at radius 2 is 2.53 bits per heavy atom. The standard InChI is InChI=1S/C11H15ClN2O/c1-8(15-9-4-6-13-7-9)10-3-2-5-14-11(10)12/h2-3,5,8-9,13H,4,6-7H2,1H3/t8-,9+/m0/s1. The van der Waals surface area contributed by atoms with Crippen molar-refractivity contribution in [2.75, 3.05) is 13.1 Å². The van der Waals surface area contributed by atoms with Crippen LogP contribution >= 0.6 is 11.6 Å². The van der Waals surface area contributed by atoms with Crippen molar-refractivity contribution < 1.29 is 4.74 Å². The molecular weight excluding hydrogens is 212 g/mol. The predicted molar refractivity (Wildman–Crippen MR) is 60.0 cm³/mol. The number of ether oxygens (including phenoxy) is 1. The van der Waals surface area contributed by atoms with Gasteiger partial charge in [0.2, 0.25) is 0 Å². The van der Waals surface area contributed by atoms with Crippen molar-refractivity contribution in [2.24, 2.45) is 0 Å². The Kier molecular flexibility index (Phi) is 3.57. The molecule has 3 nitrogen and oxygen atoms in total. The molecule has 2 rings (SSSR count). The van der Waals surface area contributed by atoms with Crippen LogP contribution in [0.3, 0.4) is 0 Å². The maximum Gasteiger partial charge on any atom is 0.134 e. The van der Waals surface area contributed by atoms with Gasteiger partial charge >= 0.3 is 0 Å². The third kappa shape index (κ3) is 2.68. The summed E-state index contributed by atoms with van der Waals surface area (Å²) in [5.74, 6) is 0. The highest BCUT2D eigenvalue weighted by Crippen LogP contribution is 2.25. The number of aromatic nitrogens is 1. The van der Waals surface area contributed by atoms with E-state index in [4.69, 9.17) is 16.3 Å². The molecule has 1 N–H and O–H groups in total. The van der Waals surface area contributed by atoms with Crippen molar-refractivity contribution in [3.8, 4) is 0 Å². The van der Waals surface area contributed by atoms with Crippen molar-refractivity contribution in [3.63, 3.8) is 0 Å². The summed E-state index contributed by atoms with van der Waals surface area (Å²) in [7, 11) is 0. The maximum atomic E-state index is 6.00. The van der Waals surface area contributed by atoms with Crippen LogP contribution in [0.15, 0.2) is 18.3 Å². The van der Waals surface area contributed by atoms with Gasteiger partial charge in [0.25, 0.3) is 0 Å². The lowest BCUT2D eigenvalue weighted by Gasteiger charge is -2.18. The van der Waals surface area contributed by atoms with E-state index in [0.717, 1.165) is 25.1 Å². The molecule has 1 saturated heterocycles. The lowest BCUT2D eigenvalue weighted by atomic mass is 10.2. The third-order valence-electron chi connectivity index (χ3n) is 2.64. The van der Waals surface area contributed by atoms with Gasteiger partial charge in [-0.1, -0.05) is 17.7 Å². The normalized spacial score (nSPS) is 22.9. The summed E-state index contributed by atoms with van der Waals surface area (Å²) < 4.78 is 5.89. The van der Waals surface area contributed by atoms with Crippen LogP contribution in [-0.2, 0) is 4.74 Å². The van der Waals surface area contributed by atoms with Gasteiger partial charge < -0.3 is 10.1 Å². The van der Waals surface area contributed by atoms with Crippen molar-refractivity contribution in [1.29, 1.82) is 0 Å². The molecule has 1 aromatic heterocycles. The summed E-state index contributed by atoms with van der Waals surface area (Å²) in [6, 6.07) is 3.84. The fraction of sp³-hybridized carbons (Fsp3) is 0.545. The van der Waals surface area contributed by atoms with Gasteiger partial charge in [0, 0.05) is 18.3 Å². The summed E-state index contributed by atoms with van der Waals surface area (Å²) in [4.78, 5) is 4.04. The van der Waals surface area contributed by atoms with Gasteiger partial charge in [-0.3, -0.25) is 0 Å². The van der Waals surface area contributed by atoms with E-state index in [-0.39, 0.29) is 6.10 Å². The summed E-state index contributed by atoms with van der Waals surface area (Å²) in [5.41, 5.74) is 0.964. The zero-order chi connectivity index (χ0) is 10.7. The van der Waals surface area contributed by atoms with Gasteiger partial charge in [0.1, 0.15) is 5.15 Å². The van der Waals surface area contributed by atoms with Gasteiger partial charge in [-0.05, 0) is 26.0 Å². The van der Waals surface area contributed by atoms with Crippen LogP contribution in [-0.4, -0.2) is 24.2 Å². The van der Waals surface area contributed by atoms with Crippen LogP contribution in [0.4, 0.5) is 0 Å². The molecule has 4 heteroatoms. The number of rotatable bonds is 3. The first-order valence-electron chi connectivity index (χ1n) is 5.24. The Labute approximate surface area is 94.8 Å². The van der Waals surface area contributed by atoms with Crippen molar-refractivity contribution in [1.82, 2.24) is 10.3 Å². The smallest absolute Gasteiger partial charge is 0.134 e. The van der Waals surface area contributed by atoms with Crippen LogP contribution in [0, 0.1) is 0 Å². The molecule has 2 atom stereocenters. The first-order valence-corrected chi connectivity index (χ1v) is 5.62. The minimum Gasteiger partial charge on any atom is -0.369 e. The van der Waals surface area contributed by atoms with E-state index >= 15 is 0 Å². The average Bonchev–Trinajstić information content (AvgIpc) is 2.71. The highest BCUT2D eigenvalue weighted by Gasteiger charge is 2.19. The first-order chi connectivity index (χ1) is 7.27. The number of hydrogen-bond donors (Lipinski definition) is 1. The van der Waals surface area contributed by atoms with Crippen molar-refractivity contribution in [2.45, 2.75) is 25.6 Å². The molecule has 1 aliphatic rings. The van der Waals surface area contributed by atoms with E-state index < -0.39 is 0 Å². The van der Waals surface area contributed by atoms with Gasteiger partial charge in [-0.25, -0.2) is 4.98 Å². The molecule has 1 aliphatic heterocycles. The number of pyridine rings is 1. The fourth-order valence-electron chi connectivity index (χ4n) is 1.81. The van der Waals surface area contributed by atoms with Crippen molar-refractivity contribution in [3.05, 3.63) is 29.0 Å². The molecule has 82 valence electrons. The molecule has 0 amide bonds. The lowest BCUT2D eigenvalue weighted by molar-refractivity contribution is 0.00818. The summed E-state index contributed by atoms with van der Waals surface area (Å²) in [6.07, 6.45) is 3.07. The Hall–Kier alpha value is -0.640. The molecule has 0 spiro atoms. The van der Waals surface area contributed by atoms with Crippen molar-refractivity contribution >= 4 is 11.6 Å². The molecule has 15 heavy (non-hydrogen) atoms. The number of hydrogen-bond acceptors (Lipinski definition) is 3. The van der Waals surface area contributed by atoms with Crippen LogP contribution in [0.1, 0.15) is 25.0 Å². The second kappa shape index (κ2) is 4.92. The molecule has 1 fully saturated rings. The Morgan fingerprint density at radius 3 is 3.20 bits per heavy atom. The zero-order valence-electron chi connectivity index (χ0n) is 8.74. The quantitative estimate of drug-likeness (QED) is 0.803. The molecule has 0 bridgehead atoms. The number of nitrogens with zero attached hydrogens (tertiary/aromatic N) is 1. The molecule has 1 aromatic rings. The van der Waals surface area contributed by atoms with Gasteiger partial charge in [0.15, 0.2) is 0 Å².